The monoisotopic (exact) mass is 426 g/mol. The molecule has 0 fully saturated rings. The Morgan fingerprint density at radius 3 is 2.52 bits per heavy atom. The number of rotatable bonds is 8. The topological polar surface area (TPSA) is 92.3 Å². The van der Waals surface area contributed by atoms with Gasteiger partial charge in [-0.05, 0) is 44.0 Å². The van der Waals surface area contributed by atoms with Gasteiger partial charge in [-0.25, -0.2) is 8.42 Å². The molecule has 1 N–H and O–H groups in total. The molecule has 2 rings (SSSR count). The van der Waals surface area contributed by atoms with E-state index in [2.05, 4.69) is 22.1 Å². The Kier molecular flexibility index (Phi) is 7.01. The van der Waals surface area contributed by atoms with E-state index in [-0.39, 0.29) is 0 Å². The van der Waals surface area contributed by atoms with Crippen LogP contribution in [0.5, 0.6) is 0 Å². The van der Waals surface area contributed by atoms with Crippen LogP contribution < -0.4 is 9.62 Å². The fourth-order valence-electron chi connectivity index (χ4n) is 2.55. The molecular formula is C17H22N4O3S3. The number of aryl methyl sites for hydroxylation is 2. The number of carbonyl (C=O) groups is 1. The number of aromatic nitrogens is 2. The van der Waals surface area contributed by atoms with Gasteiger partial charge in [-0.2, -0.15) is 0 Å². The zero-order valence-electron chi connectivity index (χ0n) is 15.6. The quantitative estimate of drug-likeness (QED) is 0.396. The molecule has 0 saturated carbocycles. The standard InChI is InChI=1S/C17H22N4O3S3/c1-6-7-25-17-20-19-16(26-17)18-15(22)13(4)21(27(5,23)24)14-9-11(2)8-12(3)10-14/h6,8-10,13H,1,7H2,2-5H3,(H,18,19,22). The molecule has 1 heterocycles. The van der Waals surface area contributed by atoms with E-state index in [1.165, 1.54) is 23.1 Å². The van der Waals surface area contributed by atoms with Crippen LogP contribution in [-0.4, -0.2) is 42.6 Å². The van der Waals surface area contributed by atoms with Gasteiger partial charge in [0.1, 0.15) is 6.04 Å². The molecular weight excluding hydrogens is 404 g/mol. The first kappa shape index (κ1) is 21.4. The van der Waals surface area contributed by atoms with Gasteiger partial charge in [-0.3, -0.25) is 14.4 Å². The first-order valence-electron chi connectivity index (χ1n) is 8.07. The lowest BCUT2D eigenvalue weighted by atomic mass is 10.1. The van der Waals surface area contributed by atoms with Gasteiger partial charge in [0.2, 0.25) is 21.1 Å². The number of amides is 1. The summed E-state index contributed by atoms with van der Waals surface area (Å²) in [5, 5.41) is 10.9. The van der Waals surface area contributed by atoms with Crippen LogP contribution in [-0.2, 0) is 14.8 Å². The van der Waals surface area contributed by atoms with Crippen LogP contribution in [0.4, 0.5) is 10.8 Å². The molecule has 1 amide bonds. The molecule has 0 radical (unpaired) electrons. The van der Waals surface area contributed by atoms with Crippen molar-refractivity contribution in [2.24, 2.45) is 0 Å². The van der Waals surface area contributed by atoms with Crippen molar-refractivity contribution < 1.29 is 13.2 Å². The summed E-state index contributed by atoms with van der Waals surface area (Å²) in [7, 11) is -3.67. The van der Waals surface area contributed by atoms with Crippen LogP contribution in [0.2, 0.25) is 0 Å². The fraction of sp³-hybridized carbons (Fsp3) is 0.353. The third kappa shape index (κ3) is 5.78. The van der Waals surface area contributed by atoms with Crippen LogP contribution in [0.25, 0.3) is 0 Å². The van der Waals surface area contributed by atoms with Crippen LogP contribution in [0.15, 0.2) is 35.2 Å². The summed E-state index contributed by atoms with van der Waals surface area (Å²) < 4.78 is 26.6. The maximum Gasteiger partial charge on any atom is 0.249 e. The molecule has 0 aliphatic heterocycles. The molecule has 1 aromatic carbocycles. The predicted molar refractivity (Wildman–Crippen MR) is 112 cm³/mol. The van der Waals surface area contributed by atoms with Crippen molar-refractivity contribution >= 4 is 49.8 Å². The molecule has 1 atom stereocenters. The smallest absolute Gasteiger partial charge is 0.249 e. The lowest BCUT2D eigenvalue weighted by molar-refractivity contribution is -0.116. The number of thioether (sulfide) groups is 1. The average Bonchev–Trinajstić information content (AvgIpc) is 2.98. The second kappa shape index (κ2) is 8.85. The van der Waals surface area contributed by atoms with Crippen molar-refractivity contribution in [3.8, 4) is 0 Å². The molecule has 0 saturated heterocycles. The van der Waals surface area contributed by atoms with E-state index in [4.69, 9.17) is 0 Å². The van der Waals surface area contributed by atoms with Gasteiger partial charge < -0.3 is 0 Å². The number of nitrogens with zero attached hydrogens (tertiary/aromatic N) is 3. The van der Waals surface area contributed by atoms with Crippen LogP contribution >= 0.6 is 23.1 Å². The molecule has 2 aromatic rings. The maximum atomic E-state index is 12.7. The number of benzene rings is 1. The maximum absolute atomic E-state index is 12.7. The highest BCUT2D eigenvalue weighted by Crippen LogP contribution is 2.27. The summed E-state index contributed by atoms with van der Waals surface area (Å²) >= 11 is 2.69. The third-order valence-corrected chi connectivity index (χ3v) is 6.72. The van der Waals surface area contributed by atoms with E-state index in [1.807, 2.05) is 19.9 Å². The van der Waals surface area contributed by atoms with Crippen molar-refractivity contribution in [2.45, 2.75) is 31.2 Å². The van der Waals surface area contributed by atoms with Gasteiger partial charge in [-0.15, -0.1) is 16.8 Å². The minimum Gasteiger partial charge on any atom is -0.299 e. The number of carbonyl (C=O) groups excluding carboxylic acids is 1. The molecule has 0 aliphatic rings. The van der Waals surface area contributed by atoms with Crippen molar-refractivity contribution in [3.63, 3.8) is 0 Å². The SMILES string of the molecule is C=CCSc1nnc(NC(=O)C(C)N(c2cc(C)cc(C)c2)S(C)(=O)=O)s1. The van der Waals surface area contributed by atoms with E-state index < -0.39 is 22.0 Å². The number of hydrogen-bond acceptors (Lipinski definition) is 7. The summed E-state index contributed by atoms with van der Waals surface area (Å²) in [4.78, 5) is 12.7. The summed E-state index contributed by atoms with van der Waals surface area (Å²) in [6, 6.07) is 4.48. The van der Waals surface area contributed by atoms with Crippen LogP contribution in [0.1, 0.15) is 18.1 Å². The molecule has 0 bridgehead atoms. The van der Waals surface area contributed by atoms with Gasteiger partial charge in [0.05, 0.1) is 11.9 Å². The lowest BCUT2D eigenvalue weighted by Gasteiger charge is -2.28. The molecule has 1 aromatic heterocycles. The second-order valence-electron chi connectivity index (χ2n) is 6.04. The number of anilines is 2. The number of hydrogen-bond donors (Lipinski definition) is 1. The Balaban J connectivity index is 2.24. The van der Waals surface area contributed by atoms with E-state index in [0.29, 0.717) is 20.9 Å². The lowest BCUT2D eigenvalue weighted by Crippen LogP contribution is -2.45. The highest BCUT2D eigenvalue weighted by Gasteiger charge is 2.30. The summed E-state index contributed by atoms with van der Waals surface area (Å²) in [6.07, 6.45) is 2.84. The summed E-state index contributed by atoms with van der Waals surface area (Å²) in [5.74, 6) is 0.212. The average molecular weight is 427 g/mol. The Morgan fingerprint density at radius 1 is 1.33 bits per heavy atom. The Hall–Kier alpha value is -1.91. The van der Waals surface area contributed by atoms with E-state index in [1.54, 1.807) is 25.1 Å². The highest BCUT2D eigenvalue weighted by atomic mass is 32.2. The van der Waals surface area contributed by atoms with Gasteiger partial charge in [0, 0.05) is 5.75 Å². The van der Waals surface area contributed by atoms with E-state index >= 15 is 0 Å². The molecule has 7 nitrogen and oxygen atoms in total. The van der Waals surface area contributed by atoms with Gasteiger partial charge >= 0.3 is 0 Å². The number of nitrogens with one attached hydrogen (secondary N) is 1. The molecule has 0 spiro atoms. The largest absolute Gasteiger partial charge is 0.299 e. The first-order chi connectivity index (χ1) is 12.6. The minimum atomic E-state index is -3.67. The predicted octanol–water partition coefficient (Wildman–Crippen LogP) is 3.23. The summed E-state index contributed by atoms with van der Waals surface area (Å²) in [5.41, 5.74) is 2.29. The van der Waals surface area contributed by atoms with Gasteiger partial charge in [-0.1, -0.05) is 35.2 Å². The van der Waals surface area contributed by atoms with Crippen molar-refractivity contribution in [2.75, 3.05) is 21.6 Å². The normalized spacial score (nSPS) is 12.4. The fourth-order valence-corrected chi connectivity index (χ4v) is 5.22. The third-order valence-electron chi connectivity index (χ3n) is 3.51. The van der Waals surface area contributed by atoms with Gasteiger partial charge in [0.25, 0.3) is 0 Å². The summed E-state index contributed by atoms with van der Waals surface area (Å²) in [6.45, 7) is 8.95. The van der Waals surface area contributed by atoms with Crippen molar-refractivity contribution in [3.05, 3.63) is 42.0 Å². The highest BCUT2D eigenvalue weighted by molar-refractivity contribution is 8.01. The van der Waals surface area contributed by atoms with Crippen molar-refractivity contribution in [1.29, 1.82) is 0 Å². The molecule has 146 valence electrons. The first-order valence-corrected chi connectivity index (χ1v) is 11.7. The molecule has 1 unspecified atom stereocenters. The van der Waals surface area contributed by atoms with Crippen LogP contribution in [0.3, 0.4) is 0 Å². The second-order valence-corrected chi connectivity index (χ2v) is 10.1. The van der Waals surface area contributed by atoms with E-state index in [0.717, 1.165) is 21.7 Å². The van der Waals surface area contributed by atoms with E-state index in [9.17, 15) is 13.2 Å². The molecule has 10 heteroatoms. The Morgan fingerprint density at radius 2 is 1.96 bits per heavy atom. The number of sulfonamides is 1. The van der Waals surface area contributed by atoms with Gasteiger partial charge in [0.15, 0.2) is 4.34 Å². The zero-order chi connectivity index (χ0) is 20.2. The zero-order valence-corrected chi connectivity index (χ0v) is 18.0. The molecule has 27 heavy (non-hydrogen) atoms. The minimum absolute atomic E-state index is 0.326. The Bertz CT molecular complexity index is 920. The Labute approximate surface area is 167 Å². The molecule has 0 aliphatic carbocycles. The van der Waals surface area contributed by atoms with Crippen LogP contribution in [0, 0.1) is 13.8 Å². The van der Waals surface area contributed by atoms with Crippen molar-refractivity contribution in [1.82, 2.24) is 10.2 Å².